The van der Waals surface area contributed by atoms with E-state index in [-0.39, 0.29) is 12.5 Å². The van der Waals surface area contributed by atoms with E-state index in [9.17, 15) is 4.79 Å². The van der Waals surface area contributed by atoms with E-state index in [2.05, 4.69) is 10.1 Å². The number of rotatable bonds is 5. The van der Waals surface area contributed by atoms with Gasteiger partial charge in [-0.1, -0.05) is 30.0 Å². The smallest absolute Gasteiger partial charge is 0.247 e. The minimum absolute atomic E-state index is 0.0342. The average molecular weight is 236 g/mol. The van der Waals surface area contributed by atoms with Crippen LogP contribution in [0.2, 0.25) is 0 Å². The van der Waals surface area contributed by atoms with Crippen LogP contribution in [0.5, 0.6) is 0 Å². The molecule has 0 aliphatic rings. The fourth-order valence-corrected chi connectivity index (χ4v) is 1.87. The van der Waals surface area contributed by atoms with E-state index >= 15 is 0 Å². The van der Waals surface area contributed by atoms with Gasteiger partial charge in [-0.3, -0.25) is 4.79 Å². The molecule has 0 aromatic heterocycles. The van der Waals surface area contributed by atoms with Gasteiger partial charge in [0, 0.05) is 12.0 Å². The van der Waals surface area contributed by atoms with Gasteiger partial charge in [0.25, 0.3) is 0 Å². The molecule has 0 aliphatic heterocycles. The largest absolute Gasteiger partial charge is 0.375 e. The zero-order chi connectivity index (χ0) is 11.8. The average Bonchev–Trinajstić information content (AvgIpc) is 2.30. The number of nitrogens with zero attached hydrogens (tertiary/aromatic N) is 1. The second-order valence-electron chi connectivity index (χ2n) is 2.94. The van der Waals surface area contributed by atoms with Gasteiger partial charge in [0.05, 0.1) is 6.07 Å². The maximum absolute atomic E-state index is 11.2. The molecule has 5 heteroatoms. The Hall–Kier alpha value is -1.51. The quantitative estimate of drug-likeness (QED) is 0.620. The molecule has 1 unspecified atom stereocenters. The summed E-state index contributed by atoms with van der Waals surface area (Å²) < 4.78 is 4.67. The molecule has 1 aromatic rings. The Labute approximate surface area is 98.6 Å². The van der Waals surface area contributed by atoms with Crippen LogP contribution in [0, 0.1) is 11.3 Å². The van der Waals surface area contributed by atoms with E-state index in [1.165, 1.54) is 18.9 Å². The highest BCUT2D eigenvalue weighted by atomic mass is 32.2. The van der Waals surface area contributed by atoms with Gasteiger partial charge in [-0.05, 0) is 12.1 Å². The Morgan fingerprint density at radius 2 is 2.25 bits per heavy atom. The van der Waals surface area contributed by atoms with Crippen molar-refractivity contribution in [1.29, 1.82) is 5.26 Å². The van der Waals surface area contributed by atoms with Crippen LogP contribution in [0.3, 0.4) is 0 Å². The number of carbonyl (C=O) groups is 1. The van der Waals surface area contributed by atoms with Crippen LogP contribution < -0.4 is 5.32 Å². The summed E-state index contributed by atoms with van der Waals surface area (Å²) in [7, 11) is 1.44. The van der Waals surface area contributed by atoms with Gasteiger partial charge in [0.2, 0.25) is 5.91 Å². The first-order chi connectivity index (χ1) is 7.76. The monoisotopic (exact) mass is 236 g/mol. The molecule has 0 saturated heterocycles. The van der Waals surface area contributed by atoms with Crippen molar-refractivity contribution in [3.63, 3.8) is 0 Å². The molecule has 0 bridgehead atoms. The number of hydrogen-bond acceptors (Lipinski definition) is 4. The first-order valence-corrected chi connectivity index (χ1v) is 5.54. The minimum Gasteiger partial charge on any atom is -0.375 e. The summed E-state index contributed by atoms with van der Waals surface area (Å²) in [6, 6.07) is 11.5. The molecular weight excluding hydrogens is 224 g/mol. The first-order valence-electron chi connectivity index (χ1n) is 4.66. The highest BCUT2D eigenvalue weighted by molar-refractivity contribution is 8.00. The summed E-state index contributed by atoms with van der Waals surface area (Å²) in [5, 5.41) is 10.8. The van der Waals surface area contributed by atoms with E-state index in [0.717, 1.165) is 4.90 Å². The molecule has 0 heterocycles. The summed E-state index contributed by atoms with van der Waals surface area (Å²) >= 11 is 1.29. The van der Waals surface area contributed by atoms with Gasteiger partial charge in [0.1, 0.15) is 6.61 Å². The van der Waals surface area contributed by atoms with Crippen molar-refractivity contribution in [1.82, 2.24) is 5.32 Å². The van der Waals surface area contributed by atoms with Crippen molar-refractivity contribution in [3.05, 3.63) is 30.3 Å². The van der Waals surface area contributed by atoms with Crippen LogP contribution in [0.25, 0.3) is 0 Å². The molecule has 0 fully saturated rings. The van der Waals surface area contributed by atoms with Crippen molar-refractivity contribution in [2.75, 3.05) is 13.7 Å². The lowest BCUT2D eigenvalue weighted by Gasteiger charge is -2.10. The second kappa shape index (κ2) is 6.88. The maximum Gasteiger partial charge on any atom is 0.247 e. The molecule has 1 amide bonds. The summed E-state index contributed by atoms with van der Waals surface area (Å²) in [6.07, 6.45) is 0. The van der Waals surface area contributed by atoms with Crippen LogP contribution in [0.1, 0.15) is 0 Å². The van der Waals surface area contributed by atoms with Crippen LogP contribution in [-0.2, 0) is 9.53 Å². The topological polar surface area (TPSA) is 62.1 Å². The number of methoxy groups -OCH3 is 1. The normalized spacial score (nSPS) is 11.5. The first kappa shape index (κ1) is 12.6. The Morgan fingerprint density at radius 1 is 1.56 bits per heavy atom. The van der Waals surface area contributed by atoms with Gasteiger partial charge in [-0.2, -0.15) is 5.26 Å². The van der Waals surface area contributed by atoms with Crippen LogP contribution in [-0.4, -0.2) is 25.0 Å². The lowest BCUT2D eigenvalue weighted by Crippen LogP contribution is -2.33. The molecule has 0 radical (unpaired) electrons. The molecule has 1 aromatic carbocycles. The SMILES string of the molecule is COCC(=O)NC(C#N)Sc1ccccc1. The fraction of sp³-hybridized carbons (Fsp3) is 0.273. The van der Waals surface area contributed by atoms with Gasteiger partial charge in [-0.15, -0.1) is 0 Å². The Balaban J connectivity index is 2.51. The van der Waals surface area contributed by atoms with E-state index in [4.69, 9.17) is 5.26 Å². The number of benzene rings is 1. The number of carbonyl (C=O) groups excluding carboxylic acids is 1. The number of ether oxygens (including phenoxy) is 1. The number of nitrogens with one attached hydrogen (secondary N) is 1. The lowest BCUT2D eigenvalue weighted by molar-refractivity contribution is -0.124. The third kappa shape index (κ3) is 4.34. The standard InChI is InChI=1S/C11H12N2O2S/c1-15-8-10(14)13-11(7-12)16-9-5-3-2-4-6-9/h2-6,11H,8H2,1H3,(H,13,14). The van der Waals surface area contributed by atoms with Crippen molar-refractivity contribution in [3.8, 4) is 6.07 Å². The van der Waals surface area contributed by atoms with Crippen molar-refractivity contribution in [2.24, 2.45) is 0 Å². The lowest BCUT2D eigenvalue weighted by atomic mass is 10.4. The number of thioether (sulfide) groups is 1. The molecule has 0 aliphatic carbocycles. The fourth-order valence-electron chi connectivity index (χ4n) is 1.04. The van der Waals surface area contributed by atoms with Crippen molar-refractivity contribution < 1.29 is 9.53 Å². The van der Waals surface area contributed by atoms with E-state index < -0.39 is 5.37 Å². The summed E-state index contributed by atoms with van der Waals surface area (Å²) in [5.74, 6) is -0.294. The molecule has 16 heavy (non-hydrogen) atoms. The highest BCUT2D eigenvalue weighted by Crippen LogP contribution is 2.20. The van der Waals surface area contributed by atoms with Gasteiger partial charge >= 0.3 is 0 Å². The predicted molar refractivity (Wildman–Crippen MR) is 61.7 cm³/mol. The second-order valence-corrected chi connectivity index (χ2v) is 4.12. The minimum atomic E-state index is -0.593. The summed E-state index contributed by atoms with van der Waals surface area (Å²) in [6.45, 7) is -0.0342. The molecule has 1 rings (SSSR count). The van der Waals surface area contributed by atoms with E-state index in [1.807, 2.05) is 36.4 Å². The number of hydrogen-bond donors (Lipinski definition) is 1. The Morgan fingerprint density at radius 3 is 2.81 bits per heavy atom. The third-order valence-corrected chi connectivity index (χ3v) is 2.69. The maximum atomic E-state index is 11.2. The third-order valence-electron chi connectivity index (χ3n) is 1.68. The van der Waals surface area contributed by atoms with Crippen LogP contribution >= 0.6 is 11.8 Å². The predicted octanol–water partition coefficient (Wildman–Crippen LogP) is 1.39. The summed E-state index contributed by atoms with van der Waals surface area (Å²) in [4.78, 5) is 12.1. The molecule has 1 atom stereocenters. The van der Waals surface area contributed by atoms with Gasteiger partial charge < -0.3 is 10.1 Å². The van der Waals surface area contributed by atoms with E-state index in [1.54, 1.807) is 0 Å². The molecular formula is C11H12N2O2S. The number of nitriles is 1. The van der Waals surface area contributed by atoms with E-state index in [0.29, 0.717) is 0 Å². The van der Waals surface area contributed by atoms with Gasteiger partial charge in [-0.25, -0.2) is 0 Å². The van der Waals surface area contributed by atoms with Crippen molar-refractivity contribution in [2.45, 2.75) is 10.3 Å². The Kier molecular flexibility index (Phi) is 5.40. The molecule has 1 N–H and O–H groups in total. The summed E-state index contributed by atoms with van der Waals surface area (Å²) in [5.41, 5.74) is 0. The zero-order valence-corrected chi connectivity index (χ0v) is 9.66. The zero-order valence-electron chi connectivity index (χ0n) is 8.84. The molecule has 0 spiro atoms. The van der Waals surface area contributed by atoms with Crippen LogP contribution in [0.15, 0.2) is 35.2 Å². The molecule has 4 nitrogen and oxygen atoms in total. The number of amides is 1. The Bertz CT molecular complexity index is 375. The molecule has 0 saturated carbocycles. The highest BCUT2D eigenvalue weighted by Gasteiger charge is 2.12. The van der Waals surface area contributed by atoms with Crippen molar-refractivity contribution >= 4 is 17.7 Å². The van der Waals surface area contributed by atoms with Crippen LogP contribution in [0.4, 0.5) is 0 Å². The molecule has 84 valence electrons. The van der Waals surface area contributed by atoms with Gasteiger partial charge in [0.15, 0.2) is 5.37 Å².